The second-order valence-corrected chi connectivity index (χ2v) is 3.22. The number of hydrogen-bond donors (Lipinski definition) is 0. The van der Waals surface area contributed by atoms with Crippen LogP contribution in [0.3, 0.4) is 0 Å². The predicted octanol–water partition coefficient (Wildman–Crippen LogP) is 3.00. The molecule has 70 valence electrons. The Labute approximate surface area is 82.8 Å². The monoisotopic (exact) mass is 185 g/mol. The molecule has 0 bridgehead atoms. The van der Waals surface area contributed by atoms with Crippen molar-refractivity contribution in [3.05, 3.63) is 35.9 Å². The van der Waals surface area contributed by atoms with Crippen molar-refractivity contribution in [2.24, 2.45) is 0 Å². The van der Waals surface area contributed by atoms with Crippen molar-refractivity contribution < 1.29 is 0 Å². The lowest BCUT2D eigenvalue weighted by molar-refractivity contribution is 0.697. The van der Waals surface area contributed by atoms with E-state index in [-0.39, 0.29) is 0 Å². The average molecular weight is 185 g/mol. The Hall–Kier alpha value is -1.82. The van der Waals surface area contributed by atoms with E-state index >= 15 is 0 Å². The van der Waals surface area contributed by atoms with Gasteiger partial charge < -0.3 is 4.57 Å². The van der Waals surface area contributed by atoms with Gasteiger partial charge in [-0.3, -0.25) is 0 Å². The summed E-state index contributed by atoms with van der Waals surface area (Å²) in [5.74, 6) is 0. The first kappa shape index (κ1) is 8.76. The number of fused-ring (bicyclic) bond motifs is 1. The van der Waals surface area contributed by atoms with E-state index in [0.717, 1.165) is 24.0 Å². The van der Waals surface area contributed by atoms with Crippen molar-refractivity contribution in [2.75, 3.05) is 0 Å². The van der Waals surface area contributed by atoms with Crippen LogP contribution >= 0.6 is 0 Å². The summed E-state index contributed by atoms with van der Waals surface area (Å²) in [4.78, 5) is 7.68. The SMILES string of the molecule is [C-]#[N+]c1ccc2ncn(CCC)c2c1. The number of rotatable bonds is 2. The Bertz CT molecular complexity index is 491. The van der Waals surface area contributed by atoms with Crippen molar-refractivity contribution in [2.45, 2.75) is 19.9 Å². The summed E-state index contributed by atoms with van der Waals surface area (Å²) in [5.41, 5.74) is 2.70. The summed E-state index contributed by atoms with van der Waals surface area (Å²) < 4.78 is 2.09. The van der Waals surface area contributed by atoms with E-state index < -0.39 is 0 Å². The maximum absolute atomic E-state index is 6.94. The zero-order chi connectivity index (χ0) is 9.97. The van der Waals surface area contributed by atoms with Crippen LogP contribution < -0.4 is 0 Å². The quantitative estimate of drug-likeness (QED) is 0.659. The molecule has 0 saturated carbocycles. The number of hydrogen-bond acceptors (Lipinski definition) is 1. The van der Waals surface area contributed by atoms with Gasteiger partial charge in [0.25, 0.3) is 0 Å². The van der Waals surface area contributed by atoms with Crippen LogP contribution in [0.15, 0.2) is 24.5 Å². The van der Waals surface area contributed by atoms with Crippen molar-refractivity contribution in [3.63, 3.8) is 0 Å². The summed E-state index contributed by atoms with van der Waals surface area (Å²) >= 11 is 0. The first-order valence-electron chi connectivity index (χ1n) is 4.67. The highest BCUT2D eigenvalue weighted by atomic mass is 15.0. The fourth-order valence-electron chi connectivity index (χ4n) is 1.53. The van der Waals surface area contributed by atoms with Crippen LogP contribution in [-0.4, -0.2) is 9.55 Å². The van der Waals surface area contributed by atoms with Gasteiger partial charge in [-0.2, -0.15) is 0 Å². The van der Waals surface area contributed by atoms with Gasteiger partial charge in [-0.1, -0.05) is 13.0 Å². The summed E-state index contributed by atoms with van der Waals surface area (Å²) in [6.45, 7) is 10.0. The first-order valence-corrected chi connectivity index (χ1v) is 4.67. The molecule has 1 heterocycles. The Morgan fingerprint density at radius 3 is 3.07 bits per heavy atom. The highest BCUT2D eigenvalue weighted by Gasteiger charge is 2.02. The van der Waals surface area contributed by atoms with Crippen LogP contribution in [0.2, 0.25) is 0 Å². The molecule has 0 aliphatic carbocycles. The van der Waals surface area contributed by atoms with E-state index in [0.29, 0.717) is 5.69 Å². The van der Waals surface area contributed by atoms with Crippen LogP contribution in [0.4, 0.5) is 5.69 Å². The average Bonchev–Trinajstić information content (AvgIpc) is 2.61. The van der Waals surface area contributed by atoms with Gasteiger partial charge in [0.05, 0.1) is 23.9 Å². The Balaban J connectivity index is 2.59. The molecule has 0 amide bonds. The van der Waals surface area contributed by atoms with Gasteiger partial charge in [0.2, 0.25) is 0 Å². The lowest BCUT2D eigenvalue weighted by Gasteiger charge is -2.00. The summed E-state index contributed by atoms with van der Waals surface area (Å²) in [6, 6.07) is 5.60. The van der Waals surface area contributed by atoms with Crippen molar-refractivity contribution >= 4 is 16.7 Å². The Kier molecular flexibility index (Phi) is 2.19. The molecule has 3 heteroatoms. The third-order valence-electron chi connectivity index (χ3n) is 2.20. The zero-order valence-electron chi connectivity index (χ0n) is 8.07. The third kappa shape index (κ3) is 1.35. The maximum Gasteiger partial charge on any atom is 0.189 e. The van der Waals surface area contributed by atoms with Crippen LogP contribution in [0.25, 0.3) is 15.9 Å². The van der Waals surface area contributed by atoms with Gasteiger partial charge in [-0.25, -0.2) is 9.83 Å². The minimum atomic E-state index is 0.676. The molecule has 1 aromatic heterocycles. The summed E-state index contributed by atoms with van der Waals surface area (Å²) in [5, 5.41) is 0. The fourth-order valence-corrected chi connectivity index (χ4v) is 1.53. The predicted molar refractivity (Wildman–Crippen MR) is 56.3 cm³/mol. The topological polar surface area (TPSA) is 22.2 Å². The number of imidazole rings is 1. The molecule has 0 saturated heterocycles. The van der Waals surface area contributed by atoms with Crippen molar-refractivity contribution in [3.8, 4) is 0 Å². The smallest absolute Gasteiger partial charge is 0.189 e. The van der Waals surface area contributed by atoms with E-state index in [1.807, 2.05) is 18.5 Å². The molecule has 0 radical (unpaired) electrons. The second kappa shape index (κ2) is 3.51. The number of nitrogens with zero attached hydrogens (tertiary/aromatic N) is 3. The van der Waals surface area contributed by atoms with E-state index in [1.165, 1.54) is 0 Å². The van der Waals surface area contributed by atoms with E-state index in [1.54, 1.807) is 6.07 Å². The normalized spacial score (nSPS) is 10.3. The first-order chi connectivity index (χ1) is 6.85. The standard InChI is InChI=1S/C11H11N3/c1-3-6-14-8-13-10-5-4-9(12-2)7-11(10)14/h4-5,7-8H,3,6H2,1H3. The number of benzene rings is 1. The van der Waals surface area contributed by atoms with Gasteiger partial charge in [0.15, 0.2) is 5.69 Å². The largest absolute Gasteiger partial charge is 0.332 e. The highest BCUT2D eigenvalue weighted by molar-refractivity contribution is 5.79. The van der Waals surface area contributed by atoms with Crippen LogP contribution in [0.1, 0.15) is 13.3 Å². The molecule has 0 fully saturated rings. The molecule has 3 nitrogen and oxygen atoms in total. The molecule has 0 aliphatic heterocycles. The van der Waals surface area contributed by atoms with Crippen molar-refractivity contribution in [1.29, 1.82) is 0 Å². The Morgan fingerprint density at radius 2 is 2.36 bits per heavy atom. The lowest BCUT2D eigenvalue weighted by atomic mass is 10.3. The van der Waals surface area contributed by atoms with E-state index in [9.17, 15) is 0 Å². The third-order valence-corrected chi connectivity index (χ3v) is 2.20. The molecule has 0 atom stereocenters. The second-order valence-electron chi connectivity index (χ2n) is 3.22. The van der Waals surface area contributed by atoms with Crippen molar-refractivity contribution in [1.82, 2.24) is 9.55 Å². The molecule has 0 N–H and O–H groups in total. The summed E-state index contributed by atoms with van der Waals surface area (Å²) in [6.07, 6.45) is 2.91. The highest BCUT2D eigenvalue weighted by Crippen LogP contribution is 2.20. The maximum atomic E-state index is 6.94. The fraction of sp³-hybridized carbons (Fsp3) is 0.273. The molecular formula is C11H11N3. The molecule has 14 heavy (non-hydrogen) atoms. The number of aromatic nitrogens is 2. The lowest BCUT2D eigenvalue weighted by Crippen LogP contribution is -1.93. The molecular weight excluding hydrogens is 174 g/mol. The molecule has 2 aromatic rings. The van der Waals surface area contributed by atoms with Gasteiger partial charge in [-0.05, 0) is 18.6 Å². The molecule has 2 rings (SSSR count). The molecule has 1 aromatic carbocycles. The summed E-state index contributed by atoms with van der Waals surface area (Å²) in [7, 11) is 0. The van der Waals surface area contributed by atoms with Crippen LogP contribution in [-0.2, 0) is 6.54 Å². The van der Waals surface area contributed by atoms with E-state index in [2.05, 4.69) is 21.3 Å². The molecule has 0 aliphatic rings. The van der Waals surface area contributed by atoms with Gasteiger partial charge in [0, 0.05) is 6.54 Å². The van der Waals surface area contributed by atoms with Gasteiger partial charge in [-0.15, -0.1) is 0 Å². The van der Waals surface area contributed by atoms with Crippen LogP contribution in [0.5, 0.6) is 0 Å². The Morgan fingerprint density at radius 1 is 1.50 bits per heavy atom. The van der Waals surface area contributed by atoms with Crippen LogP contribution in [0, 0.1) is 6.57 Å². The zero-order valence-corrected chi connectivity index (χ0v) is 8.07. The number of aryl methyl sites for hydroxylation is 1. The molecule has 0 spiro atoms. The van der Waals surface area contributed by atoms with Gasteiger partial charge >= 0.3 is 0 Å². The molecule has 0 unspecified atom stereocenters. The van der Waals surface area contributed by atoms with E-state index in [4.69, 9.17) is 6.57 Å². The van der Waals surface area contributed by atoms with Gasteiger partial charge in [0.1, 0.15) is 0 Å². The minimum Gasteiger partial charge on any atom is -0.332 e. The minimum absolute atomic E-state index is 0.676.